The first-order valence-electron chi connectivity index (χ1n) is 28.6. The van der Waals surface area contributed by atoms with Crippen LogP contribution in [0.25, 0.3) is 0 Å². The monoisotopic (exact) mass is 1490 g/mol. The molecule has 0 bridgehead atoms. The average molecular weight is 1490 g/mol. The van der Waals surface area contributed by atoms with Gasteiger partial charge in [-0.05, 0) is 103 Å². The molecule has 0 spiro atoms. The van der Waals surface area contributed by atoms with Gasteiger partial charge in [0.2, 0.25) is 0 Å². The minimum absolute atomic E-state index is 0. The van der Waals surface area contributed by atoms with Gasteiger partial charge in [-0.25, -0.2) is 0 Å². The van der Waals surface area contributed by atoms with Crippen LogP contribution in [0.2, 0.25) is 0 Å². The molecule has 0 aliphatic heterocycles. The molecular weight excluding hydrogens is 1380 g/mol. The van der Waals surface area contributed by atoms with Crippen molar-refractivity contribution < 1.29 is 98.7 Å². The van der Waals surface area contributed by atoms with E-state index < -0.39 is 96.1 Å². The number of aliphatic carboxylic acids is 8. The van der Waals surface area contributed by atoms with E-state index >= 15 is 0 Å². The molecule has 49 heteroatoms. The van der Waals surface area contributed by atoms with Gasteiger partial charge in [-0.1, -0.05) is 0 Å². The van der Waals surface area contributed by atoms with Gasteiger partial charge in [-0.15, -0.1) is 0 Å². The van der Waals surface area contributed by atoms with Crippen LogP contribution < -0.4 is 138 Å². The van der Waals surface area contributed by atoms with E-state index in [4.69, 9.17) is 178 Å². The van der Waals surface area contributed by atoms with Crippen LogP contribution >= 0.6 is 0 Å². The standard InChI is InChI=1S/8C6H14N4O2.Ru/c8*7-4(5(11)12)2-1-3-10-6(8)9;/h8*4H,1-3,7H2,(H,11,12)(H4,8,9,10);/t8*4-;/m00000000./s1. The van der Waals surface area contributed by atoms with E-state index in [0.717, 1.165) is 0 Å². The molecule has 48 nitrogen and oxygen atoms in total. The van der Waals surface area contributed by atoms with Gasteiger partial charge in [0.15, 0.2) is 47.7 Å². The summed E-state index contributed by atoms with van der Waals surface area (Å²) in [5, 5.41) is 67.0. The number of guanidine groups is 8. The van der Waals surface area contributed by atoms with E-state index in [-0.39, 0.29) is 67.2 Å². The van der Waals surface area contributed by atoms with Crippen molar-refractivity contribution in [2.75, 3.05) is 52.4 Å². The molecule has 0 fully saturated rings. The van der Waals surface area contributed by atoms with Crippen LogP contribution in [-0.4, -0.2) is 237 Å². The molecule has 0 aliphatic carbocycles. The second-order valence-corrected chi connectivity index (χ2v) is 19.1. The quantitative estimate of drug-likeness (QED) is 0.0117. The molecule has 0 rings (SSSR count). The Balaban J connectivity index is -0.000000130. The summed E-state index contributed by atoms with van der Waals surface area (Å²) in [4.78, 5) is 111. The molecule has 0 unspecified atom stereocenters. The summed E-state index contributed by atoms with van der Waals surface area (Å²) in [6.45, 7) is 3.36. The van der Waals surface area contributed by atoms with Crippen molar-refractivity contribution in [1.82, 2.24) is 0 Å². The number of nitrogens with zero attached hydrogens (tertiary/aromatic N) is 8. The minimum Gasteiger partial charge on any atom is -0.480 e. The Bertz CT molecular complexity index is 1900. The minimum atomic E-state index is -1.00. The Morgan fingerprint density at radius 1 is 0.196 bits per heavy atom. The topological polar surface area (TPSA) is 1020 Å². The Kier molecular flexibility index (Phi) is 77.1. The predicted octanol–water partition coefficient (Wildman–Crippen LogP) is -12.4. The van der Waals surface area contributed by atoms with Gasteiger partial charge in [0.05, 0.1) is 0 Å². The average Bonchev–Trinajstić information content (AvgIpc) is 3.58. The summed E-state index contributed by atoms with van der Waals surface area (Å²) < 4.78 is 0. The molecule has 0 aromatic heterocycles. The van der Waals surface area contributed by atoms with Crippen LogP contribution in [0.4, 0.5) is 0 Å². The van der Waals surface area contributed by atoms with Crippen LogP contribution in [-0.2, 0) is 57.8 Å². The first-order chi connectivity index (χ1) is 44.3. The van der Waals surface area contributed by atoms with E-state index in [1.54, 1.807) is 0 Å². The van der Waals surface area contributed by atoms with Crippen LogP contribution in [0.15, 0.2) is 39.9 Å². The molecule has 0 heterocycles. The van der Waals surface area contributed by atoms with Crippen molar-refractivity contribution in [3.05, 3.63) is 0 Å². The number of carbonyl (C=O) groups is 8. The van der Waals surface area contributed by atoms with Gasteiger partial charge >= 0.3 is 47.8 Å². The normalized spacial score (nSPS) is 12.0. The maximum atomic E-state index is 10.2. The number of hydrogen-bond acceptors (Lipinski definition) is 24. The first-order valence-corrected chi connectivity index (χ1v) is 28.6. The van der Waals surface area contributed by atoms with Gasteiger partial charge in [-0.2, -0.15) is 0 Å². The molecule has 8 atom stereocenters. The number of aliphatic imine (C=N–C) groups is 8. The molecule has 0 aromatic carbocycles. The van der Waals surface area contributed by atoms with Crippen molar-refractivity contribution in [3.8, 4) is 0 Å². The summed E-state index contributed by atoms with van der Waals surface area (Å²) in [5.41, 5.74) is 123. The fourth-order valence-electron chi connectivity index (χ4n) is 5.14. The Morgan fingerprint density at radius 3 is 0.320 bits per heavy atom. The van der Waals surface area contributed by atoms with Crippen molar-refractivity contribution in [2.45, 2.75) is 151 Å². The van der Waals surface area contributed by atoms with Crippen LogP contribution in [0.3, 0.4) is 0 Å². The molecule has 0 aromatic rings. The Morgan fingerprint density at radius 2 is 0.268 bits per heavy atom. The molecule has 97 heavy (non-hydrogen) atoms. The summed E-state index contributed by atoms with van der Waals surface area (Å²) in [7, 11) is 0. The van der Waals surface area contributed by atoms with E-state index in [0.29, 0.717) is 155 Å². The molecule has 568 valence electrons. The van der Waals surface area contributed by atoms with Gasteiger partial charge in [0.25, 0.3) is 0 Å². The van der Waals surface area contributed by atoms with E-state index in [2.05, 4.69) is 39.9 Å². The van der Waals surface area contributed by atoms with Gasteiger partial charge in [-0.3, -0.25) is 78.3 Å². The second-order valence-electron chi connectivity index (χ2n) is 19.1. The first kappa shape index (κ1) is 106. The molecule has 0 saturated carbocycles. The van der Waals surface area contributed by atoms with Gasteiger partial charge < -0.3 is 178 Å². The molecule has 0 saturated heterocycles. The zero-order valence-corrected chi connectivity index (χ0v) is 56.0. The molecule has 56 N–H and O–H groups in total. The largest absolute Gasteiger partial charge is 0.480 e. The van der Waals surface area contributed by atoms with Gasteiger partial charge in [0.1, 0.15) is 48.3 Å². The van der Waals surface area contributed by atoms with E-state index in [1.807, 2.05) is 0 Å². The van der Waals surface area contributed by atoms with Crippen molar-refractivity contribution in [3.63, 3.8) is 0 Å². The maximum absolute atomic E-state index is 10.2. The summed E-state index contributed by atoms with van der Waals surface area (Å²) in [5.74, 6) is -7.90. The van der Waals surface area contributed by atoms with Crippen molar-refractivity contribution in [1.29, 1.82) is 0 Å². The molecule has 0 aliphatic rings. The number of hydrogen-bond donors (Lipinski definition) is 32. The third kappa shape index (κ3) is 100.0. The zero-order valence-electron chi connectivity index (χ0n) is 54.2. The smallest absolute Gasteiger partial charge is 0.320 e. The summed E-state index contributed by atoms with van der Waals surface area (Å²) in [6, 6.07) is -6.56. The third-order valence-electron chi connectivity index (χ3n) is 10.3. The predicted molar refractivity (Wildman–Crippen MR) is 364 cm³/mol. The second kappa shape index (κ2) is 70.5. The number of carboxylic acid groups (broad SMARTS) is 8. The molecular formula is C48H112N32O16Ru. The number of nitrogens with two attached hydrogens (primary N) is 24. The van der Waals surface area contributed by atoms with Crippen molar-refractivity contribution in [2.24, 2.45) is 178 Å². The number of carboxylic acids is 8. The van der Waals surface area contributed by atoms with E-state index in [1.165, 1.54) is 0 Å². The van der Waals surface area contributed by atoms with Crippen molar-refractivity contribution >= 4 is 95.4 Å². The Hall–Kier alpha value is -9.78. The number of rotatable bonds is 40. The van der Waals surface area contributed by atoms with Crippen LogP contribution in [0.1, 0.15) is 103 Å². The molecule has 0 amide bonds. The van der Waals surface area contributed by atoms with Crippen LogP contribution in [0, 0.1) is 0 Å². The molecule has 0 radical (unpaired) electrons. The Labute approximate surface area is 573 Å². The van der Waals surface area contributed by atoms with Gasteiger partial charge in [0, 0.05) is 71.8 Å². The zero-order chi connectivity index (χ0) is 76.5. The maximum Gasteiger partial charge on any atom is 0.320 e. The van der Waals surface area contributed by atoms with E-state index in [9.17, 15) is 38.4 Å². The summed E-state index contributed by atoms with van der Waals surface area (Å²) >= 11 is 0. The fraction of sp³-hybridized carbons (Fsp3) is 0.667. The SMILES string of the molecule is NC(N)=NCCC[C@H](N)C(=O)O.NC(N)=NCCC[C@H](N)C(=O)O.NC(N)=NCCC[C@H](N)C(=O)O.NC(N)=NCCC[C@H](N)C(=O)O.NC(N)=NCCC[C@H](N)C(=O)O.NC(N)=NCCC[C@H](N)C(=O)O.NC(N)=NCCC[C@H](N)C(=O)O.NC(N)=NCCC[C@H](N)C(=O)O.[Ru]. The third-order valence-corrected chi connectivity index (χ3v) is 10.3. The summed E-state index contributed by atoms with van der Waals surface area (Å²) in [6.07, 6.45) is 7.65. The van der Waals surface area contributed by atoms with Crippen LogP contribution in [0.5, 0.6) is 0 Å². The fourth-order valence-corrected chi connectivity index (χ4v) is 5.14.